The number of hydrogen-bond donors (Lipinski definition) is 3. The third-order valence-electron chi connectivity index (χ3n) is 3.00. The van der Waals surface area contributed by atoms with Gasteiger partial charge in [0.15, 0.2) is 11.0 Å². The number of anilines is 1. The molecule has 0 saturated carbocycles. The van der Waals surface area contributed by atoms with E-state index in [1.54, 1.807) is 18.4 Å². The van der Waals surface area contributed by atoms with Crippen LogP contribution in [0.1, 0.15) is 30.0 Å². The van der Waals surface area contributed by atoms with E-state index in [9.17, 15) is 4.79 Å². The van der Waals surface area contributed by atoms with Crippen LogP contribution in [0.3, 0.4) is 0 Å². The van der Waals surface area contributed by atoms with Gasteiger partial charge in [0.25, 0.3) is 0 Å². The Balaban J connectivity index is 2.18. The number of rotatable bonds is 6. The van der Waals surface area contributed by atoms with E-state index in [2.05, 4.69) is 28.3 Å². The summed E-state index contributed by atoms with van der Waals surface area (Å²) in [5, 5.41) is 6.73. The molecule has 0 amide bonds. The summed E-state index contributed by atoms with van der Waals surface area (Å²) in [4.78, 5) is 16.0. The largest absolute Gasteiger partial charge is 0.467 e. The lowest BCUT2D eigenvalue weighted by atomic mass is 10.1. The van der Waals surface area contributed by atoms with E-state index in [0.717, 1.165) is 18.0 Å². The fourth-order valence-corrected chi connectivity index (χ4v) is 2.10. The zero-order valence-electron chi connectivity index (χ0n) is 12.6. The van der Waals surface area contributed by atoms with Crippen LogP contribution < -0.4 is 10.6 Å². The first-order chi connectivity index (χ1) is 10.6. The molecule has 0 spiro atoms. The first-order valence-corrected chi connectivity index (χ1v) is 7.47. The quantitative estimate of drug-likeness (QED) is 0.329. The predicted octanol–water partition coefficient (Wildman–Crippen LogP) is 3.62. The summed E-state index contributed by atoms with van der Waals surface area (Å²) >= 11 is 4.34. The molecule has 0 radical (unpaired) electrons. The van der Waals surface area contributed by atoms with Crippen LogP contribution in [0.15, 0.2) is 46.0 Å². The van der Waals surface area contributed by atoms with Crippen molar-refractivity contribution >= 4 is 35.0 Å². The highest BCUT2D eigenvalue weighted by atomic mass is 32.1. The van der Waals surface area contributed by atoms with Crippen LogP contribution >= 0.6 is 12.6 Å². The topological polar surface area (TPSA) is 66.6 Å². The first kappa shape index (κ1) is 16.2. The fourth-order valence-electron chi connectivity index (χ4n) is 1.92. The minimum absolute atomic E-state index is 0.00348. The molecular formula is C16H19N3O2S. The van der Waals surface area contributed by atoms with Crippen LogP contribution in [0.4, 0.5) is 11.4 Å². The molecular weight excluding hydrogens is 298 g/mol. The fraction of sp³-hybridized carbons (Fsp3) is 0.250. The van der Waals surface area contributed by atoms with Gasteiger partial charge in [0.2, 0.25) is 0 Å². The van der Waals surface area contributed by atoms with Crippen LogP contribution in [0.5, 0.6) is 0 Å². The highest BCUT2D eigenvalue weighted by molar-refractivity contribution is 7.96. The molecule has 1 aromatic heterocycles. The SMILES string of the molecule is CCNc1ccc(C(C)=O)cc1N=C(S)NCc1ccco1. The molecule has 0 atom stereocenters. The average Bonchev–Trinajstić information content (AvgIpc) is 3.00. The molecule has 0 bridgehead atoms. The Morgan fingerprint density at radius 1 is 1.36 bits per heavy atom. The molecule has 0 aliphatic carbocycles. The third-order valence-corrected chi connectivity index (χ3v) is 3.26. The van der Waals surface area contributed by atoms with Gasteiger partial charge in [-0.3, -0.25) is 4.79 Å². The Hall–Kier alpha value is -2.21. The molecule has 2 aromatic rings. The van der Waals surface area contributed by atoms with Crippen molar-refractivity contribution in [2.24, 2.45) is 4.99 Å². The van der Waals surface area contributed by atoms with Crippen molar-refractivity contribution in [1.82, 2.24) is 5.32 Å². The Bertz CT molecular complexity index is 666. The summed E-state index contributed by atoms with van der Waals surface area (Å²) < 4.78 is 5.24. The molecule has 0 unspecified atom stereocenters. The molecule has 0 aliphatic rings. The van der Waals surface area contributed by atoms with E-state index in [1.165, 1.54) is 6.92 Å². The van der Waals surface area contributed by atoms with Crippen molar-refractivity contribution < 1.29 is 9.21 Å². The molecule has 0 saturated heterocycles. The van der Waals surface area contributed by atoms with E-state index >= 15 is 0 Å². The summed E-state index contributed by atoms with van der Waals surface area (Å²) in [6.07, 6.45) is 1.62. The minimum Gasteiger partial charge on any atom is -0.467 e. The molecule has 6 heteroatoms. The maximum Gasteiger partial charge on any atom is 0.159 e. The second-order valence-corrected chi connectivity index (χ2v) is 5.11. The minimum atomic E-state index is 0.00348. The molecule has 0 aliphatic heterocycles. The number of ketones is 1. The maximum absolute atomic E-state index is 11.5. The summed E-state index contributed by atoms with van der Waals surface area (Å²) in [6.45, 7) is 4.80. The van der Waals surface area contributed by atoms with Gasteiger partial charge < -0.3 is 15.1 Å². The zero-order valence-corrected chi connectivity index (χ0v) is 13.5. The molecule has 1 aromatic carbocycles. The van der Waals surface area contributed by atoms with Gasteiger partial charge in [-0.15, -0.1) is 12.6 Å². The van der Waals surface area contributed by atoms with Crippen molar-refractivity contribution in [3.8, 4) is 0 Å². The lowest BCUT2D eigenvalue weighted by Crippen LogP contribution is -2.17. The maximum atomic E-state index is 11.5. The van der Waals surface area contributed by atoms with E-state index in [1.807, 2.05) is 25.1 Å². The lowest BCUT2D eigenvalue weighted by molar-refractivity contribution is 0.101. The van der Waals surface area contributed by atoms with Crippen molar-refractivity contribution in [2.45, 2.75) is 20.4 Å². The van der Waals surface area contributed by atoms with E-state index < -0.39 is 0 Å². The van der Waals surface area contributed by atoms with Crippen LogP contribution in [0.2, 0.25) is 0 Å². The number of nitrogens with one attached hydrogen (secondary N) is 2. The van der Waals surface area contributed by atoms with Gasteiger partial charge >= 0.3 is 0 Å². The zero-order chi connectivity index (χ0) is 15.9. The Morgan fingerprint density at radius 3 is 2.82 bits per heavy atom. The highest BCUT2D eigenvalue weighted by Crippen LogP contribution is 2.27. The number of nitrogens with zero attached hydrogens (tertiary/aromatic N) is 1. The normalized spacial score (nSPS) is 11.3. The van der Waals surface area contributed by atoms with Crippen LogP contribution in [-0.4, -0.2) is 17.5 Å². The van der Waals surface area contributed by atoms with Gasteiger partial charge in [-0.1, -0.05) is 0 Å². The van der Waals surface area contributed by atoms with Gasteiger partial charge in [-0.2, -0.15) is 0 Å². The third kappa shape index (κ3) is 4.39. The summed E-state index contributed by atoms with van der Waals surface area (Å²) in [5.74, 6) is 0.801. The Morgan fingerprint density at radius 2 is 2.18 bits per heavy atom. The van der Waals surface area contributed by atoms with E-state index in [4.69, 9.17) is 4.42 Å². The number of amidine groups is 1. The van der Waals surface area contributed by atoms with E-state index in [0.29, 0.717) is 23.0 Å². The van der Waals surface area contributed by atoms with Crippen molar-refractivity contribution in [3.05, 3.63) is 47.9 Å². The van der Waals surface area contributed by atoms with Gasteiger partial charge in [0.05, 0.1) is 24.2 Å². The number of benzene rings is 1. The second-order valence-electron chi connectivity index (χ2n) is 4.69. The van der Waals surface area contributed by atoms with Gasteiger partial charge in [0, 0.05) is 12.1 Å². The number of furan rings is 1. The smallest absolute Gasteiger partial charge is 0.159 e. The molecule has 2 rings (SSSR count). The van der Waals surface area contributed by atoms with Gasteiger partial charge in [0.1, 0.15) is 5.76 Å². The Labute approximate surface area is 135 Å². The second kappa shape index (κ2) is 7.70. The van der Waals surface area contributed by atoms with Crippen LogP contribution in [0.25, 0.3) is 0 Å². The van der Waals surface area contributed by atoms with Crippen molar-refractivity contribution in [2.75, 3.05) is 11.9 Å². The number of Topliss-reactive ketones (excluding diaryl/α,β-unsaturated/α-hetero) is 1. The summed E-state index contributed by atoms with van der Waals surface area (Å²) in [6, 6.07) is 9.09. The van der Waals surface area contributed by atoms with Crippen molar-refractivity contribution in [1.29, 1.82) is 0 Å². The van der Waals surface area contributed by atoms with Gasteiger partial charge in [-0.25, -0.2) is 4.99 Å². The lowest BCUT2D eigenvalue weighted by Gasteiger charge is -2.10. The van der Waals surface area contributed by atoms with Crippen LogP contribution in [0, 0.1) is 0 Å². The number of carbonyl (C=O) groups is 1. The molecule has 116 valence electrons. The molecule has 22 heavy (non-hydrogen) atoms. The summed E-state index contributed by atoms with van der Waals surface area (Å²) in [5.41, 5.74) is 2.15. The molecule has 1 heterocycles. The van der Waals surface area contributed by atoms with E-state index in [-0.39, 0.29) is 5.78 Å². The highest BCUT2D eigenvalue weighted by Gasteiger charge is 2.06. The standard InChI is InChI=1S/C16H19N3O2S/c1-3-17-14-7-6-12(11(2)20)9-15(14)19-16(22)18-10-13-5-4-8-21-13/h4-9,17H,3,10H2,1-2H3,(H2,18,19,22). The number of carbonyl (C=O) groups excluding carboxylic acids is 1. The van der Waals surface area contributed by atoms with Crippen molar-refractivity contribution in [3.63, 3.8) is 0 Å². The average molecular weight is 317 g/mol. The molecule has 5 nitrogen and oxygen atoms in total. The Kier molecular flexibility index (Phi) is 5.66. The monoisotopic (exact) mass is 317 g/mol. The molecule has 2 N–H and O–H groups in total. The van der Waals surface area contributed by atoms with Gasteiger partial charge in [-0.05, 0) is 44.2 Å². The number of aliphatic imine (C=N–C) groups is 1. The molecule has 0 fully saturated rings. The number of thiol groups is 1. The first-order valence-electron chi connectivity index (χ1n) is 7.03. The predicted molar refractivity (Wildman–Crippen MR) is 92.2 cm³/mol. The number of hydrogen-bond acceptors (Lipinski definition) is 4. The summed E-state index contributed by atoms with van der Waals surface area (Å²) in [7, 11) is 0. The van der Waals surface area contributed by atoms with Crippen LogP contribution in [-0.2, 0) is 6.54 Å².